The van der Waals surface area contributed by atoms with Crippen molar-refractivity contribution in [3.63, 3.8) is 0 Å². The number of nitrogens with zero attached hydrogens (tertiary/aromatic N) is 1. The van der Waals surface area contributed by atoms with Crippen LogP contribution in [0.2, 0.25) is 0 Å². The first-order valence-corrected chi connectivity index (χ1v) is 5.75. The van der Waals surface area contributed by atoms with Crippen LogP contribution >= 0.6 is 15.9 Å². The summed E-state index contributed by atoms with van der Waals surface area (Å²) < 4.78 is 11.0. The lowest BCUT2D eigenvalue weighted by atomic mass is 10.4. The predicted molar refractivity (Wildman–Crippen MR) is 67.5 cm³/mol. The van der Waals surface area contributed by atoms with Crippen LogP contribution in [0, 0.1) is 0 Å². The fourth-order valence-corrected chi connectivity index (χ4v) is 1.58. The van der Waals surface area contributed by atoms with Gasteiger partial charge in [-0.3, -0.25) is 0 Å². The van der Waals surface area contributed by atoms with Gasteiger partial charge in [0.1, 0.15) is 5.82 Å². The summed E-state index contributed by atoms with van der Waals surface area (Å²) >= 11 is 3.38. The first kappa shape index (κ1) is 13.2. The highest BCUT2D eigenvalue weighted by Gasteiger charge is 2.00. The summed E-state index contributed by atoms with van der Waals surface area (Å²) in [5.41, 5.74) is 6.21. The van der Waals surface area contributed by atoms with Crippen molar-refractivity contribution in [1.82, 2.24) is 4.98 Å². The number of hydrogen-bond acceptors (Lipinski definition) is 5. The number of aromatic nitrogens is 1. The summed E-state index contributed by atoms with van der Waals surface area (Å²) in [5, 5.41) is 3.14. The van der Waals surface area contributed by atoms with E-state index in [2.05, 4.69) is 26.2 Å². The van der Waals surface area contributed by atoms with E-state index in [9.17, 15) is 0 Å². The molecule has 0 bridgehead atoms. The molecule has 0 radical (unpaired) electrons. The zero-order valence-electron chi connectivity index (χ0n) is 9.20. The van der Waals surface area contributed by atoms with Crippen LogP contribution in [-0.4, -0.2) is 38.5 Å². The van der Waals surface area contributed by atoms with E-state index in [0.717, 1.165) is 10.3 Å². The maximum absolute atomic E-state index is 5.58. The van der Waals surface area contributed by atoms with Crippen LogP contribution in [-0.2, 0) is 9.47 Å². The van der Waals surface area contributed by atoms with Crippen LogP contribution in [0.1, 0.15) is 0 Å². The number of hydrogen-bond donors (Lipinski definition) is 2. The summed E-state index contributed by atoms with van der Waals surface area (Å²) in [4.78, 5) is 4.15. The van der Waals surface area contributed by atoms with Crippen LogP contribution < -0.4 is 11.1 Å². The summed E-state index contributed by atoms with van der Waals surface area (Å²) in [6, 6.07) is 1.81. The van der Waals surface area contributed by atoms with Crippen LogP contribution in [0.15, 0.2) is 16.7 Å². The lowest BCUT2D eigenvalue weighted by Crippen LogP contribution is -2.13. The topological polar surface area (TPSA) is 69.4 Å². The average Bonchev–Trinajstić information content (AvgIpc) is 2.26. The van der Waals surface area contributed by atoms with Gasteiger partial charge in [-0.05, 0) is 22.0 Å². The van der Waals surface area contributed by atoms with E-state index in [1.54, 1.807) is 19.4 Å². The van der Waals surface area contributed by atoms with Crippen molar-refractivity contribution >= 4 is 27.4 Å². The Balaban J connectivity index is 2.21. The third-order valence-corrected chi connectivity index (χ3v) is 2.44. The molecule has 6 heteroatoms. The quantitative estimate of drug-likeness (QED) is 0.745. The van der Waals surface area contributed by atoms with Gasteiger partial charge in [0.25, 0.3) is 0 Å². The van der Waals surface area contributed by atoms with E-state index in [1.807, 2.05) is 0 Å². The molecule has 1 rings (SSSR count). The molecule has 0 atom stereocenters. The van der Waals surface area contributed by atoms with Crippen molar-refractivity contribution in [2.75, 3.05) is 44.5 Å². The molecule has 0 aliphatic heterocycles. The monoisotopic (exact) mass is 289 g/mol. The van der Waals surface area contributed by atoms with Crippen LogP contribution in [0.25, 0.3) is 0 Å². The molecular weight excluding hydrogens is 274 g/mol. The Morgan fingerprint density at radius 2 is 2.25 bits per heavy atom. The van der Waals surface area contributed by atoms with Crippen molar-refractivity contribution in [3.8, 4) is 0 Å². The number of rotatable bonds is 7. The summed E-state index contributed by atoms with van der Waals surface area (Å²) in [6.45, 7) is 2.53. The van der Waals surface area contributed by atoms with E-state index in [1.165, 1.54) is 0 Å². The van der Waals surface area contributed by atoms with Gasteiger partial charge in [-0.2, -0.15) is 0 Å². The van der Waals surface area contributed by atoms with Crippen molar-refractivity contribution in [2.45, 2.75) is 0 Å². The minimum atomic E-state index is 0.606. The smallest absolute Gasteiger partial charge is 0.140 e. The van der Waals surface area contributed by atoms with E-state index in [-0.39, 0.29) is 0 Å². The number of pyridine rings is 1. The zero-order chi connectivity index (χ0) is 11.8. The van der Waals surface area contributed by atoms with Gasteiger partial charge in [0.15, 0.2) is 0 Å². The molecule has 1 aromatic heterocycles. The molecule has 0 saturated heterocycles. The molecule has 0 spiro atoms. The number of nitrogen functional groups attached to an aromatic ring is 1. The lowest BCUT2D eigenvalue weighted by Gasteiger charge is -2.08. The van der Waals surface area contributed by atoms with Crippen LogP contribution in [0.4, 0.5) is 11.5 Å². The molecule has 5 nitrogen and oxygen atoms in total. The molecule has 0 unspecified atom stereocenters. The lowest BCUT2D eigenvalue weighted by molar-refractivity contribution is 0.0759. The molecule has 16 heavy (non-hydrogen) atoms. The largest absolute Gasteiger partial charge is 0.397 e. The normalized spacial score (nSPS) is 10.4. The summed E-state index contributed by atoms with van der Waals surface area (Å²) in [6.07, 6.45) is 1.61. The number of nitrogens with two attached hydrogens (primary N) is 1. The van der Waals surface area contributed by atoms with E-state index >= 15 is 0 Å². The first-order chi connectivity index (χ1) is 7.74. The Hall–Kier alpha value is -0.850. The number of halogens is 1. The molecule has 0 saturated carbocycles. The SMILES string of the molecule is COCCOCCNc1ncc(N)cc1Br. The third-order valence-electron chi connectivity index (χ3n) is 1.83. The number of ether oxygens (including phenoxy) is 2. The minimum absolute atomic E-state index is 0.606. The minimum Gasteiger partial charge on any atom is -0.397 e. The second-order valence-corrected chi connectivity index (χ2v) is 3.99. The molecule has 1 aromatic rings. The van der Waals surface area contributed by atoms with Crippen LogP contribution in [0.3, 0.4) is 0 Å². The molecule has 0 amide bonds. The van der Waals surface area contributed by atoms with Gasteiger partial charge in [0.2, 0.25) is 0 Å². The Bertz CT molecular complexity index is 323. The first-order valence-electron chi connectivity index (χ1n) is 4.95. The van der Waals surface area contributed by atoms with Crippen molar-refractivity contribution < 1.29 is 9.47 Å². The number of anilines is 2. The number of nitrogens with one attached hydrogen (secondary N) is 1. The average molecular weight is 290 g/mol. The maximum Gasteiger partial charge on any atom is 0.140 e. The van der Waals surface area contributed by atoms with Gasteiger partial charge >= 0.3 is 0 Å². The second-order valence-electron chi connectivity index (χ2n) is 3.13. The molecular formula is C10H16BrN3O2. The van der Waals surface area contributed by atoms with Crippen molar-refractivity contribution in [1.29, 1.82) is 0 Å². The van der Waals surface area contributed by atoms with Gasteiger partial charge in [-0.15, -0.1) is 0 Å². The molecule has 0 aliphatic rings. The number of methoxy groups -OCH3 is 1. The van der Waals surface area contributed by atoms with Crippen LogP contribution in [0.5, 0.6) is 0 Å². The van der Waals surface area contributed by atoms with Gasteiger partial charge in [-0.25, -0.2) is 4.98 Å². The summed E-state index contributed by atoms with van der Waals surface area (Å²) in [5.74, 6) is 0.768. The van der Waals surface area contributed by atoms with Gasteiger partial charge < -0.3 is 20.5 Å². The fraction of sp³-hybridized carbons (Fsp3) is 0.500. The third kappa shape index (κ3) is 4.78. The second kappa shape index (κ2) is 7.43. The fourth-order valence-electron chi connectivity index (χ4n) is 1.07. The highest BCUT2D eigenvalue weighted by atomic mass is 79.9. The van der Waals surface area contributed by atoms with Gasteiger partial charge in [-0.1, -0.05) is 0 Å². The standard InChI is InChI=1S/C10H16BrN3O2/c1-15-4-5-16-3-2-13-10-9(11)6-8(12)7-14-10/h6-7H,2-5,12H2,1H3,(H,13,14). The zero-order valence-corrected chi connectivity index (χ0v) is 10.8. The molecule has 90 valence electrons. The Morgan fingerprint density at radius 1 is 1.44 bits per heavy atom. The molecule has 0 aliphatic carbocycles. The Labute approximate surface area is 103 Å². The molecule has 0 aromatic carbocycles. The highest BCUT2D eigenvalue weighted by Crippen LogP contribution is 2.21. The van der Waals surface area contributed by atoms with Gasteiger partial charge in [0, 0.05) is 13.7 Å². The van der Waals surface area contributed by atoms with E-state index in [4.69, 9.17) is 15.2 Å². The molecule has 3 N–H and O–H groups in total. The Kier molecular flexibility index (Phi) is 6.14. The molecule has 0 fully saturated rings. The van der Waals surface area contributed by atoms with E-state index in [0.29, 0.717) is 32.1 Å². The Morgan fingerprint density at radius 3 is 2.94 bits per heavy atom. The maximum atomic E-state index is 5.58. The molecule has 1 heterocycles. The van der Waals surface area contributed by atoms with Crippen molar-refractivity contribution in [2.24, 2.45) is 0 Å². The predicted octanol–water partition coefficient (Wildman–Crippen LogP) is 1.50. The van der Waals surface area contributed by atoms with Crippen molar-refractivity contribution in [3.05, 3.63) is 16.7 Å². The van der Waals surface area contributed by atoms with Gasteiger partial charge in [0.05, 0.1) is 36.2 Å². The van der Waals surface area contributed by atoms with E-state index < -0.39 is 0 Å². The highest BCUT2D eigenvalue weighted by molar-refractivity contribution is 9.10. The summed E-state index contributed by atoms with van der Waals surface area (Å²) in [7, 11) is 1.65.